The molecule has 0 aliphatic rings. The molecule has 5 N–H and O–H groups in total. The number of hydrogen-bond acceptors (Lipinski definition) is 5. The highest BCUT2D eigenvalue weighted by Gasteiger charge is 2.08. The van der Waals surface area contributed by atoms with Gasteiger partial charge in [-0.15, -0.1) is 0 Å². The first-order valence-corrected chi connectivity index (χ1v) is 4.19. The van der Waals surface area contributed by atoms with Gasteiger partial charge in [0.15, 0.2) is 0 Å². The Morgan fingerprint density at radius 1 is 1.53 bits per heavy atom. The molecule has 0 saturated heterocycles. The summed E-state index contributed by atoms with van der Waals surface area (Å²) in [6.07, 6.45) is 1.37. The highest BCUT2D eigenvalue weighted by molar-refractivity contribution is 5.92. The van der Waals surface area contributed by atoms with Crippen molar-refractivity contribution in [1.82, 2.24) is 30.7 Å². The van der Waals surface area contributed by atoms with Crippen molar-refractivity contribution in [2.45, 2.75) is 6.54 Å². The van der Waals surface area contributed by atoms with Crippen molar-refractivity contribution in [3.8, 4) is 0 Å². The Balaban J connectivity index is 1.93. The van der Waals surface area contributed by atoms with Crippen molar-refractivity contribution in [2.75, 3.05) is 5.73 Å². The Bertz CT molecular complexity index is 446. The molecule has 2 heterocycles. The van der Waals surface area contributed by atoms with Crippen molar-refractivity contribution in [3.05, 3.63) is 23.9 Å². The van der Waals surface area contributed by atoms with Crippen LogP contribution in [0.5, 0.6) is 0 Å². The first kappa shape index (κ1) is 9.19. The van der Waals surface area contributed by atoms with E-state index in [1.807, 2.05) is 0 Å². The van der Waals surface area contributed by atoms with E-state index in [4.69, 9.17) is 5.73 Å². The fourth-order valence-corrected chi connectivity index (χ4v) is 1.03. The molecule has 0 aliphatic heterocycles. The first-order chi connectivity index (χ1) is 7.25. The van der Waals surface area contributed by atoms with Gasteiger partial charge in [-0.1, -0.05) is 0 Å². The van der Waals surface area contributed by atoms with Crippen LogP contribution in [0.2, 0.25) is 0 Å². The molecule has 0 aliphatic carbocycles. The predicted molar refractivity (Wildman–Crippen MR) is 50.6 cm³/mol. The number of nitrogens with two attached hydrogens (primary N) is 1. The second-order valence-corrected chi connectivity index (χ2v) is 2.82. The third kappa shape index (κ3) is 2.10. The number of amides is 1. The minimum Gasteiger partial charge on any atom is -0.382 e. The maximum absolute atomic E-state index is 11.5. The van der Waals surface area contributed by atoms with Crippen molar-refractivity contribution >= 4 is 11.7 Å². The zero-order chi connectivity index (χ0) is 10.7. The molecule has 0 atom stereocenters. The van der Waals surface area contributed by atoms with Crippen LogP contribution in [0, 0.1) is 0 Å². The molecule has 2 aromatic rings. The Morgan fingerprint density at radius 2 is 2.40 bits per heavy atom. The lowest BCUT2D eigenvalue weighted by Gasteiger charge is -1.99. The van der Waals surface area contributed by atoms with Crippen LogP contribution in [0.1, 0.15) is 16.3 Å². The number of nitrogens with one attached hydrogen (secondary N) is 3. The molecule has 2 aromatic heterocycles. The van der Waals surface area contributed by atoms with Crippen molar-refractivity contribution < 1.29 is 4.79 Å². The molecule has 0 spiro atoms. The van der Waals surface area contributed by atoms with Crippen LogP contribution in [0.15, 0.2) is 12.4 Å². The third-order valence-electron chi connectivity index (χ3n) is 1.72. The van der Waals surface area contributed by atoms with Gasteiger partial charge in [-0.2, -0.15) is 10.2 Å². The summed E-state index contributed by atoms with van der Waals surface area (Å²) in [4.78, 5) is 15.3. The third-order valence-corrected chi connectivity index (χ3v) is 1.72. The average Bonchev–Trinajstić information content (AvgIpc) is 2.84. The highest BCUT2D eigenvalue weighted by Crippen LogP contribution is 1.99. The molecule has 8 nitrogen and oxygen atoms in total. The van der Waals surface area contributed by atoms with Crippen LogP contribution in [0.3, 0.4) is 0 Å². The number of nitrogen functional groups attached to an aromatic ring is 1. The lowest BCUT2D eigenvalue weighted by Crippen LogP contribution is -2.23. The molecule has 78 valence electrons. The Labute approximate surface area is 84.3 Å². The molecule has 15 heavy (non-hydrogen) atoms. The van der Waals surface area contributed by atoms with E-state index in [0.29, 0.717) is 11.5 Å². The van der Waals surface area contributed by atoms with E-state index < -0.39 is 0 Å². The monoisotopic (exact) mass is 207 g/mol. The Kier molecular flexibility index (Phi) is 2.31. The number of carbonyl (C=O) groups excluding carboxylic acids is 1. The number of aromatic amines is 2. The summed E-state index contributed by atoms with van der Waals surface area (Å²) in [7, 11) is 0. The molecule has 0 aromatic carbocycles. The summed E-state index contributed by atoms with van der Waals surface area (Å²) in [5.74, 6) is 0.561. The van der Waals surface area contributed by atoms with Gasteiger partial charge in [0, 0.05) is 6.07 Å². The van der Waals surface area contributed by atoms with Crippen LogP contribution in [-0.2, 0) is 6.54 Å². The SMILES string of the molecule is Nc1cc(C(=O)NCc2ncn[nH]2)[nH]n1. The molecule has 8 heteroatoms. The van der Waals surface area contributed by atoms with Gasteiger partial charge in [-0.05, 0) is 0 Å². The lowest BCUT2D eigenvalue weighted by atomic mass is 10.4. The standard InChI is InChI=1S/C7H9N7O/c8-5-1-4(12-13-5)7(15)9-2-6-10-3-11-14-6/h1,3H,2H2,(H,9,15)(H3,8,12,13)(H,10,11,14). The molecule has 1 amide bonds. The molecular formula is C7H9N7O. The molecule has 2 rings (SSSR count). The number of hydrogen-bond donors (Lipinski definition) is 4. The topological polar surface area (TPSA) is 125 Å². The van der Waals surface area contributed by atoms with Crippen molar-refractivity contribution in [1.29, 1.82) is 0 Å². The number of carbonyl (C=O) groups is 1. The van der Waals surface area contributed by atoms with E-state index >= 15 is 0 Å². The minimum absolute atomic E-state index is 0.276. The zero-order valence-corrected chi connectivity index (χ0v) is 7.69. The van der Waals surface area contributed by atoms with Crippen LogP contribution < -0.4 is 11.1 Å². The number of H-pyrrole nitrogens is 2. The summed E-state index contributed by atoms with van der Waals surface area (Å²) in [6.45, 7) is 0.276. The van der Waals surface area contributed by atoms with Gasteiger partial charge in [-0.3, -0.25) is 15.0 Å². The van der Waals surface area contributed by atoms with Gasteiger partial charge in [0.2, 0.25) is 0 Å². The fourth-order valence-electron chi connectivity index (χ4n) is 1.03. The molecule has 0 unspecified atom stereocenters. The Morgan fingerprint density at radius 3 is 3.00 bits per heavy atom. The van der Waals surface area contributed by atoms with E-state index in [-0.39, 0.29) is 18.3 Å². The van der Waals surface area contributed by atoms with Crippen LogP contribution >= 0.6 is 0 Å². The smallest absolute Gasteiger partial charge is 0.269 e. The Hall–Kier alpha value is -2.38. The molecule has 0 bridgehead atoms. The van der Waals surface area contributed by atoms with E-state index in [0.717, 1.165) is 0 Å². The normalized spacial score (nSPS) is 10.1. The fraction of sp³-hybridized carbons (Fsp3) is 0.143. The summed E-state index contributed by atoms with van der Waals surface area (Å²) >= 11 is 0. The predicted octanol–water partition coefficient (Wildman–Crippen LogP) is -0.960. The van der Waals surface area contributed by atoms with Gasteiger partial charge in [-0.25, -0.2) is 4.98 Å². The molecule has 0 fully saturated rings. The number of nitrogens with zero attached hydrogens (tertiary/aromatic N) is 3. The van der Waals surface area contributed by atoms with Gasteiger partial charge >= 0.3 is 0 Å². The van der Waals surface area contributed by atoms with Crippen molar-refractivity contribution in [3.63, 3.8) is 0 Å². The van der Waals surface area contributed by atoms with E-state index in [2.05, 4.69) is 30.7 Å². The van der Waals surface area contributed by atoms with Gasteiger partial charge < -0.3 is 11.1 Å². The summed E-state index contributed by atoms with van der Waals surface area (Å²) in [6, 6.07) is 1.45. The molecule has 0 saturated carbocycles. The zero-order valence-electron chi connectivity index (χ0n) is 7.69. The molecular weight excluding hydrogens is 198 g/mol. The second-order valence-electron chi connectivity index (χ2n) is 2.82. The lowest BCUT2D eigenvalue weighted by molar-refractivity contribution is 0.0945. The van der Waals surface area contributed by atoms with E-state index in [1.165, 1.54) is 12.4 Å². The molecule has 0 radical (unpaired) electrons. The summed E-state index contributed by atoms with van der Waals surface area (Å²) in [5.41, 5.74) is 5.67. The summed E-state index contributed by atoms with van der Waals surface area (Å²) in [5, 5.41) is 15.0. The minimum atomic E-state index is -0.296. The first-order valence-electron chi connectivity index (χ1n) is 4.19. The highest BCUT2D eigenvalue weighted by atomic mass is 16.1. The van der Waals surface area contributed by atoms with Gasteiger partial charge in [0.25, 0.3) is 5.91 Å². The number of anilines is 1. The van der Waals surface area contributed by atoms with Crippen LogP contribution in [0.4, 0.5) is 5.82 Å². The van der Waals surface area contributed by atoms with E-state index in [1.54, 1.807) is 0 Å². The maximum atomic E-state index is 11.5. The largest absolute Gasteiger partial charge is 0.382 e. The van der Waals surface area contributed by atoms with E-state index in [9.17, 15) is 4.79 Å². The average molecular weight is 207 g/mol. The second kappa shape index (κ2) is 3.78. The maximum Gasteiger partial charge on any atom is 0.269 e. The summed E-state index contributed by atoms with van der Waals surface area (Å²) < 4.78 is 0. The van der Waals surface area contributed by atoms with Crippen molar-refractivity contribution in [2.24, 2.45) is 0 Å². The number of aromatic nitrogens is 5. The van der Waals surface area contributed by atoms with Gasteiger partial charge in [0.05, 0.1) is 6.54 Å². The van der Waals surface area contributed by atoms with Gasteiger partial charge in [0.1, 0.15) is 23.7 Å². The quantitative estimate of drug-likeness (QED) is 0.515. The number of rotatable bonds is 3. The van der Waals surface area contributed by atoms with Crippen LogP contribution in [0.25, 0.3) is 0 Å². The van der Waals surface area contributed by atoms with Crippen LogP contribution in [-0.4, -0.2) is 31.3 Å².